The lowest BCUT2D eigenvalue weighted by Gasteiger charge is -2.31. The Hall–Kier alpha value is -3.74. The summed E-state index contributed by atoms with van der Waals surface area (Å²) in [5, 5.41) is 0. The lowest BCUT2D eigenvalue weighted by Crippen LogP contribution is -2.45. The predicted molar refractivity (Wildman–Crippen MR) is 142 cm³/mol. The van der Waals surface area contributed by atoms with E-state index in [-0.39, 0.29) is 39.9 Å². The second-order valence-electron chi connectivity index (χ2n) is 10.1. The van der Waals surface area contributed by atoms with E-state index >= 15 is 8.78 Å². The number of rotatable bonds is 2. The number of nitrogens with two attached hydrogens (primary N) is 3. The van der Waals surface area contributed by atoms with Crippen LogP contribution in [0.5, 0.6) is 0 Å². The number of ether oxygens (including phenoxy) is 2. The van der Waals surface area contributed by atoms with E-state index in [0.717, 1.165) is 28.1 Å². The number of imidazole rings is 2. The zero-order valence-corrected chi connectivity index (χ0v) is 24.1. The monoisotopic (exact) mass is 675 g/mol. The predicted octanol–water partition coefficient (Wildman–Crippen LogP) is -2.01. The molecule has 3 aliphatic rings. The number of aromatic nitrogens is 8. The molecule has 0 aromatic carbocycles. The zero-order chi connectivity index (χ0) is 31.8. The van der Waals surface area contributed by atoms with Crippen LogP contribution in [0.3, 0.4) is 0 Å². The molecule has 21 nitrogen and oxygen atoms in total. The average molecular weight is 676 g/mol. The van der Waals surface area contributed by atoms with Gasteiger partial charge in [-0.2, -0.15) is 23.1 Å². The molecule has 3 aliphatic heterocycles. The maximum Gasteiger partial charge on any atom is 0.336 e. The minimum absolute atomic E-state index is 0.0128. The summed E-state index contributed by atoms with van der Waals surface area (Å²) in [4.78, 5) is 36.5. The minimum atomic E-state index is -5.39. The fraction of sp³-hybridized carbons (Fsp3) is 0.500. The Morgan fingerprint density at radius 3 is 2.29 bits per heavy atom. The SMILES string of the molecule is Nc1nc(N)c2ncn([C@@H]3O[C@@H]4COP(=O)([O-])O[C@H]5[C@@H](F)[C@H](n6cnc7c(N)ncnc76)O[C@@H]5CNS(=O)(=O)O[C@H]4[C@H]3F)c2n1. The van der Waals surface area contributed by atoms with Crippen LogP contribution in [0.15, 0.2) is 19.0 Å². The van der Waals surface area contributed by atoms with Crippen LogP contribution in [0, 0.1) is 0 Å². The van der Waals surface area contributed by atoms with E-state index in [4.69, 9.17) is 39.9 Å². The maximum absolute atomic E-state index is 15.9. The first kappa shape index (κ1) is 29.9. The van der Waals surface area contributed by atoms with Gasteiger partial charge in [0.2, 0.25) is 5.95 Å². The van der Waals surface area contributed by atoms with Crippen molar-refractivity contribution in [2.45, 2.75) is 49.2 Å². The maximum atomic E-state index is 15.9. The van der Waals surface area contributed by atoms with E-state index in [1.165, 1.54) is 0 Å². The number of fused-ring (bicyclic) bond motifs is 4. The third kappa shape index (κ3) is 5.22. The first-order valence-corrected chi connectivity index (χ1v) is 15.8. The topological polar surface area (TPSA) is 298 Å². The molecule has 25 heteroatoms. The minimum Gasteiger partial charge on any atom is -0.756 e. The molecule has 0 bridgehead atoms. The van der Waals surface area contributed by atoms with Gasteiger partial charge in [0.15, 0.2) is 47.7 Å². The van der Waals surface area contributed by atoms with Gasteiger partial charge in [-0.15, -0.1) is 0 Å². The molecule has 4 aromatic heterocycles. The van der Waals surface area contributed by atoms with E-state index in [1.54, 1.807) is 0 Å². The lowest BCUT2D eigenvalue weighted by atomic mass is 10.1. The van der Waals surface area contributed by atoms with Gasteiger partial charge in [-0.05, 0) is 0 Å². The standard InChI is InChI=1S/C20H23F2N12O9PS/c21-8-12-6(40-18(8)33-4-28-10-14(23)26-3-27-16(10)33)1-30-45(37,38)43-13-7(2-39-44(35,36)42-12)41-19(9(13)22)34-5-29-11-15(24)31-20(25)32-17(11)34/h3-9,12-13,18-19,30H,1-2H2,(H,35,36)(H2,23,26,27)(H4,24,25,31,32)/p-1/t6-,7-,8-,9-,12-,13-,18-,19-/m1/s1. The van der Waals surface area contributed by atoms with Gasteiger partial charge in [0.25, 0.3) is 7.82 Å². The van der Waals surface area contributed by atoms with Crippen molar-refractivity contribution in [3.05, 3.63) is 19.0 Å². The number of hydrogen-bond donors (Lipinski definition) is 4. The Morgan fingerprint density at radius 2 is 1.56 bits per heavy atom. The molecule has 0 amide bonds. The second kappa shape index (κ2) is 10.7. The van der Waals surface area contributed by atoms with Crippen molar-refractivity contribution in [1.29, 1.82) is 0 Å². The molecule has 3 saturated heterocycles. The van der Waals surface area contributed by atoms with Gasteiger partial charge in [0.05, 0.1) is 19.3 Å². The largest absolute Gasteiger partial charge is 0.756 e. The van der Waals surface area contributed by atoms with Crippen molar-refractivity contribution in [3.8, 4) is 0 Å². The van der Waals surface area contributed by atoms with Crippen molar-refractivity contribution in [2.24, 2.45) is 0 Å². The molecule has 7 rings (SSSR count). The fourth-order valence-electron chi connectivity index (χ4n) is 5.28. The summed E-state index contributed by atoms with van der Waals surface area (Å²) >= 11 is 0. The van der Waals surface area contributed by atoms with Crippen LogP contribution >= 0.6 is 7.82 Å². The first-order chi connectivity index (χ1) is 21.3. The van der Waals surface area contributed by atoms with Crippen molar-refractivity contribution < 1.29 is 49.4 Å². The molecule has 0 spiro atoms. The normalized spacial score (nSPS) is 35.5. The third-order valence-electron chi connectivity index (χ3n) is 7.28. The van der Waals surface area contributed by atoms with Crippen LogP contribution in [0.4, 0.5) is 26.4 Å². The van der Waals surface area contributed by atoms with Gasteiger partial charge in [-0.1, -0.05) is 0 Å². The second-order valence-corrected chi connectivity index (χ2v) is 12.8. The third-order valence-corrected chi connectivity index (χ3v) is 9.24. The summed E-state index contributed by atoms with van der Waals surface area (Å²) in [5.74, 6) is -0.398. The quantitative estimate of drug-likeness (QED) is 0.167. The summed E-state index contributed by atoms with van der Waals surface area (Å²) in [7, 11) is -10.2. The molecule has 7 heterocycles. The highest BCUT2D eigenvalue weighted by molar-refractivity contribution is 7.84. The molecule has 1 unspecified atom stereocenters. The van der Waals surface area contributed by atoms with E-state index in [9.17, 15) is 17.9 Å². The average Bonchev–Trinajstić information content (AvgIpc) is 3.72. The van der Waals surface area contributed by atoms with E-state index < -0.39 is 80.5 Å². The molecule has 0 saturated carbocycles. The van der Waals surface area contributed by atoms with Crippen LogP contribution in [-0.4, -0.2) is 97.4 Å². The molecule has 7 N–H and O–H groups in total. The molecule has 9 atom stereocenters. The van der Waals surface area contributed by atoms with Crippen LogP contribution in [0.2, 0.25) is 0 Å². The smallest absolute Gasteiger partial charge is 0.336 e. The lowest BCUT2D eigenvalue weighted by molar-refractivity contribution is -0.235. The summed E-state index contributed by atoms with van der Waals surface area (Å²) < 4.78 is 101. The summed E-state index contributed by atoms with van der Waals surface area (Å²) in [6, 6.07) is 0. The van der Waals surface area contributed by atoms with E-state index in [1.807, 2.05) is 4.72 Å². The summed E-state index contributed by atoms with van der Waals surface area (Å²) in [6.07, 6.45) is -11.5. The highest BCUT2D eigenvalue weighted by atomic mass is 32.2. The van der Waals surface area contributed by atoms with E-state index in [2.05, 4.69) is 29.9 Å². The van der Waals surface area contributed by atoms with Crippen LogP contribution in [-0.2, 0) is 37.6 Å². The zero-order valence-electron chi connectivity index (χ0n) is 22.4. The number of phosphoric ester groups is 1. The van der Waals surface area contributed by atoms with Crippen LogP contribution in [0.25, 0.3) is 22.3 Å². The number of nitrogen functional groups attached to an aromatic ring is 3. The summed E-state index contributed by atoms with van der Waals surface area (Å²) in [6.45, 7) is -1.77. The van der Waals surface area contributed by atoms with Gasteiger partial charge in [0.1, 0.15) is 41.8 Å². The highest BCUT2D eigenvalue weighted by Crippen LogP contribution is 2.48. The number of phosphoric acid groups is 1. The van der Waals surface area contributed by atoms with Gasteiger partial charge in [-0.25, -0.2) is 32.9 Å². The van der Waals surface area contributed by atoms with Gasteiger partial charge >= 0.3 is 10.3 Å². The number of halogens is 2. The Balaban J connectivity index is 1.17. The molecule has 4 aromatic rings. The molecule has 242 valence electrons. The van der Waals surface area contributed by atoms with Gasteiger partial charge in [0, 0.05) is 6.54 Å². The van der Waals surface area contributed by atoms with E-state index in [0.29, 0.717) is 0 Å². The number of nitrogens with zero attached hydrogens (tertiary/aromatic N) is 8. The number of hydrogen-bond acceptors (Lipinski definition) is 18. The molecular formula is C20H22F2N12O9PS-. The van der Waals surface area contributed by atoms with Crippen molar-refractivity contribution in [1.82, 2.24) is 43.8 Å². The fourth-order valence-corrected chi connectivity index (χ4v) is 7.18. The Labute approximate surface area is 249 Å². The summed E-state index contributed by atoms with van der Waals surface area (Å²) in [5.41, 5.74) is 17.4. The Kier molecular flexibility index (Phi) is 7.10. The molecule has 0 radical (unpaired) electrons. The van der Waals surface area contributed by atoms with Gasteiger partial charge in [-0.3, -0.25) is 13.7 Å². The molecule has 0 aliphatic carbocycles. The Bertz CT molecular complexity index is 1950. The van der Waals surface area contributed by atoms with Crippen LogP contribution in [0.1, 0.15) is 12.5 Å². The number of anilines is 3. The van der Waals surface area contributed by atoms with Crippen LogP contribution < -0.4 is 26.8 Å². The highest BCUT2D eigenvalue weighted by Gasteiger charge is 2.53. The van der Waals surface area contributed by atoms with Crippen molar-refractivity contribution in [3.63, 3.8) is 0 Å². The number of alkyl halides is 2. The molecule has 45 heavy (non-hydrogen) atoms. The Morgan fingerprint density at radius 1 is 0.911 bits per heavy atom. The first-order valence-electron chi connectivity index (χ1n) is 12.9. The van der Waals surface area contributed by atoms with Crippen molar-refractivity contribution >= 4 is 58.0 Å². The number of nitrogens with one attached hydrogen (secondary N) is 1. The van der Waals surface area contributed by atoms with Crippen molar-refractivity contribution in [2.75, 3.05) is 30.4 Å². The molecular weight excluding hydrogens is 653 g/mol. The molecule has 3 fully saturated rings. The van der Waals surface area contributed by atoms with Gasteiger partial charge < -0.3 is 40.6 Å².